The topological polar surface area (TPSA) is 68.5 Å². The fourth-order valence-corrected chi connectivity index (χ4v) is 3.13. The molecular weight excluding hydrogens is 354 g/mol. The molecule has 0 unspecified atom stereocenters. The average Bonchev–Trinajstić information content (AvgIpc) is 3.09. The number of carbonyl (C=O) groups is 1. The normalized spacial score (nSPS) is 19.4. The molecule has 3 rings (SSSR count). The van der Waals surface area contributed by atoms with Crippen LogP contribution in [0, 0.1) is 0 Å². The lowest BCUT2D eigenvalue weighted by atomic mass is 10.00. The Morgan fingerprint density at radius 3 is 3.12 bits per heavy atom. The first-order valence-electron chi connectivity index (χ1n) is 8.37. The largest absolute Gasteiger partial charge is 0.484 e. The summed E-state index contributed by atoms with van der Waals surface area (Å²) < 4.78 is 10.8. The van der Waals surface area contributed by atoms with E-state index in [1.807, 2.05) is 24.0 Å². The van der Waals surface area contributed by atoms with E-state index in [0.717, 1.165) is 12.8 Å². The van der Waals surface area contributed by atoms with Crippen molar-refractivity contribution in [1.82, 2.24) is 15.0 Å². The highest BCUT2D eigenvalue weighted by molar-refractivity contribution is 6.30. The van der Waals surface area contributed by atoms with Gasteiger partial charge < -0.3 is 14.2 Å². The van der Waals surface area contributed by atoms with Crippen molar-refractivity contribution in [3.05, 3.63) is 65.8 Å². The summed E-state index contributed by atoms with van der Waals surface area (Å²) in [7, 11) is 0. The Kier molecular flexibility index (Phi) is 5.73. The quantitative estimate of drug-likeness (QED) is 0.715. The minimum atomic E-state index is -0.159. The van der Waals surface area contributed by atoms with Gasteiger partial charge in [-0.25, -0.2) is 0 Å². The van der Waals surface area contributed by atoms with E-state index in [0.29, 0.717) is 16.5 Å². The number of hydrogen-bond acceptors (Lipinski definition) is 5. The summed E-state index contributed by atoms with van der Waals surface area (Å²) >= 11 is 5.87. The predicted molar refractivity (Wildman–Crippen MR) is 98.1 cm³/mol. The van der Waals surface area contributed by atoms with E-state index in [9.17, 15) is 4.79 Å². The maximum atomic E-state index is 12.9. The van der Waals surface area contributed by atoms with Gasteiger partial charge in [-0.05, 0) is 19.8 Å². The Labute approximate surface area is 157 Å². The second-order valence-electron chi connectivity index (χ2n) is 6.10. The molecule has 1 amide bonds. The molecule has 0 saturated carbocycles. The van der Waals surface area contributed by atoms with Crippen LogP contribution in [0.25, 0.3) is 0 Å². The van der Waals surface area contributed by atoms with Crippen molar-refractivity contribution in [3.8, 4) is 5.75 Å². The van der Waals surface area contributed by atoms with Crippen LogP contribution in [0.5, 0.6) is 5.75 Å². The van der Waals surface area contributed by atoms with Crippen LogP contribution >= 0.6 is 11.6 Å². The number of rotatable bonds is 6. The number of pyridine rings is 1. The monoisotopic (exact) mass is 373 g/mol. The number of aromatic nitrogens is 2. The summed E-state index contributed by atoms with van der Waals surface area (Å²) in [6.07, 6.45) is 10.6. The van der Waals surface area contributed by atoms with Crippen molar-refractivity contribution < 1.29 is 14.1 Å². The van der Waals surface area contributed by atoms with E-state index in [1.165, 1.54) is 6.20 Å². The molecule has 26 heavy (non-hydrogen) atoms. The number of amides is 1. The van der Waals surface area contributed by atoms with E-state index < -0.39 is 0 Å². The van der Waals surface area contributed by atoms with Crippen LogP contribution in [-0.4, -0.2) is 33.0 Å². The van der Waals surface area contributed by atoms with Gasteiger partial charge in [0.25, 0.3) is 5.91 Å². The number of carbonyl (C=O) groups excluding carboxylic acids is 1. The summed E-state index contributed by atoms with van der Waals surface area (Å²) in [5.41, 5.74) is 0.268. The minimum absolute atomic E-state index is 0.00450. The molecule has 2 aromatic rings. The molecule has 3 heterocycles. The second kappa shape index (κ2) is 8.19. The van der Waals surface area contributed by atoms with E-state index in [2.05, 4.69) is 22.8 Å². The maximum absolute atomic E-state index is 12.9. The highest BCUT2D eigenvalue weighted by atomic mass is 35.5. The smallest absolute Gasteiger partial charge is 0.276 e. The highest BCUT2D eigenvalue weighted by Crippen LogP contribution is 2.23. The lowest BCUT2D eigenvalue weighted by Gasteiger charge is -2.36. The van der Waals surface area contributed by atoms with Crippen molar-refractivity contribution in [2.45, 2.75) is 38.5 Å². The molecule has 1 aliphatic rings. The molecule has 0 N–H and O–H groups in total. The Bertz CT molecular complexity index is 818. The van der Waals surface area contributed by atoms with E-state index in [-0.39, 0.29) is 30.3 Å². The molecule has 0 saturated heterocycles. The van der Waals surface area contributed by atoms with Gasteiger partial charge in [-0.1, -0.05) is 35.0 Å². The second-order valence-corrected chi connectivity index (χ2v) is 6.54. The molecule has 2 aromatic heterocycles. The Morgan fingerprint density at radius 2 is 2.35 bits per heavy atom. The summed E-state index contributed by atoms with van der Waals surface area (Å²) in [5.74, 6) is 0.810. The van der Waals surface area contributed by atoms with E-state index in [1.54, 1.807) is 18.3 Å². The van der Waals surface area contributed by atoms with Crippen molar-refractivity contribution in [1.29, 1.82) is 0 Å². The van der Waals surface area contributed by atoms with Crippen molar-refractivity contribution >= 4 is 17.5 Å². The van der Waals surface area contributed by atoms with Gasteiger partial charge in [0.2, 0.25) is 0 Å². The lowest BCUT2D eigenvalue weighted by molar-refractivity contribution is 0.0611. The first-order chi connectivity index (χ1) is 12.6. The standard InChI is InChI=1S/C19H20ClN3O3/c1-3-5-15-7-4-6-13(2)23(15)19(24)18-9-17(26-22-18)12-25-16-8-14(20)10-21-11-16/h3-4,6,8-11,13,15H,1,5,7,12H2,2H3/t13-,15-/m1/s1. The molecule has 0 spiro atoms. The Balaban J connectivity index is 1.69. The zero-order valence-corrected chi connectivity index (χ0v) is 15.2. The number of hydrogen-bond donors (Lipinski definition) is 0. The fourth-order valence-electron chi connectivity index (χ4n) is 2.96. The molecule has 6 nitrogen and oxygen atoms in total. The minimum Gasteiger partial charge on any atom is -0.484 e. The Morgan fingerprint density at radius 1 is 1.50 bits per heavy atom. The highest BCUT2D eigenvalue weighted by Gasteiger charge is 2.31. The van der Waals surface area contributed by atoms with Crippen LogP contribution in [0.2, 0.25) is 5.02 Å². The molecule has 0 aliphatic carbocycles. The van der Waals surface area contributed by atoms with Gasteiger partial charge in [-0.2, -0.15) is 0 Å². The fraction of sp³-hybridized carbons (Fsp3) is 0.316. The molecule has 2 atom stereocenters. The van der Waals surface area contributed by atoms with E-state index >= 15 is 0 Å². The third kappa shape index (κ3) is 4.14. The van der Waals surface area contributed by atoms with Gasteiger partial charge in [-0.3, -0.25) is 9.78 Å². The molecule has 136 valence electrons. The van der Waals surface area contributed by atoms with Gasteiger partial charge in [0.15, 0.2) is 11.5 Å². The van der Waals surface area contributed by atoms with Crippen LogP contribution in [0.1, 0.15) is 36.0 Å². The van der Waals surface area contributed by atoms with Crippen molar-refractivity contribution in [2.75, 3.05) is 0 Å². The van der Waals surface area contributed by atoms with Crippen LogP contribution in [-0.2, 0) is 6.61 Å². The predicted octanol–water partition coefficient (Wildman–Crippen LogP) is 4.04. The van der Waals surface area contributed by atoms with Crippen molar-refractivity contribution in [2.24, 2.45) is 0 Å². The zero-order chi connectivity index (χ0) is 18.5. The summed E-state index contributed by atoms with van der Waals surface area (Å²) in [5, 5.41) is 4.40. The molecule has 0 radical (unpaired) electrons. The van der Waals surface area contributed by atoms with Gasteiger partial charge in [-0.15, -0.1) is 6.58 Å². The maximum Gasteiger partial charge on any atom is 0.276 e. The van der Waals surface area contributed by atoms with Gasteiger partial charge >= 0.3 is 0 Å². The first kappa shape index (κ1) is 18.2. The van der Waals surface area contributed by atoms with E-state index in [4.69, 9.17) is 20.9 Å². The van der Waals surface area contributed by atoms with Crippen LogP contribution in [0.3, 0.4) is 0 Å². The third-order valence-corrected chi connectivity index (χ3v) is 4.37. The molecule has 1 aliphatic heterocycles. The molecule has 0 bridgehead atoms. The summed E-state index contributed by atoms with van der Waals surface area (Å²) in [4.78, 5) is 18.7. The third-order valence-electron chi connectivity index (χ3n) is 4.17. The molecule has 7 heteroatoms. The van der Waals surface area contributed by atoms with Gasteiger partial charge in [0.1, 0.15) is 12.4 Å². The lowest BCUT2D eigenvalue weighted by Crippen LogP contribution is -2.47. The van der Waals surface area contributed by atoms with Crippen LogP contribution in [0.4, 0.5) is 0 Å². The molecule has 0 fully saturated rings. The number of ether oxygens (including phenoxy) is 1. The first-order valence-corrected chi connectivity index (χ1v) is 8.75. The molecular formula is C19H20ClN3O3. The van der Waals surface area contributed by atoms with Crippen LogP contribution < -0.4 is 4.74 Å². The number of nitrogens with zero attached hydrogens (tertiary/aromatic N) is 3. The number of halogens is 1. The summed E-state index contributed by atoms with van der Waals surface area (Å²) in [6, 6.07) is 3.33. The van der Waals surface area contributed by atoms with Crippen LogP contribution in [0.15, 0.2) is 53.9 Å². The van der Waals surface area contributed by atoms with Gasteiger partial charge in [0.05, 0.1) is 11.2 Å². The zero-order valence-electron chi connectivity index (χ0n) is 14.5. The summed E-state index contributed by atoms with van der Waals surface area (Å²) in [6.45, 7) is 5.90. The molecule has 0 aromatic carbocycles. The van der Waals surface area contributed by atoms with Gasteiger partial charge in [0, 0.05) is 30.4 Å². The SMILES string of the molecule is C=CC[C@@H]1CC=C[C@@H](C)N1C(=O)c1cc(COc2cncc(Cl)c2)on1. The average molecular weight is 374 g/mol. The Hall–Kier alpha value is -2.60. The van der Waals surface area contributed by atoms with Crippen molar-refractivity contribution in [3.63, 3.8) is 0 Å².